The fourth-order valence-electron chi connectivity index (χ4n) is 1.88. The summed E-state index contributed by atoms with van der Waals surface area (Å²) < 4.78 is 6.07. The van der Waals surface area contributed by atoms with Gasteiger partial charge in [0.15, 0.2) is 0 Å². The van der Waals surface area contributed by atoms with Gasteiger partial charge in [-0.2, -0.15) is 0 Å². The Balaban J connectivity index is 0.00000200. The molecule has 0 aromatic heterocycles. The number of rotatable bonds is 5. The number of ether oxygens (including phenoxy) is 1. The Morgan fingerprint density at radius 3 is 2.15 bits per heavy atom. The van der Waals surface area contributed by atoms with Gasteiger partial charge in [-0.05, 0) is 43.9 Å². The Morgan fingerprint density at radius 1 is 1.00 bits per heavy atom. The molecule has 0 bridgehead atoms. The molecule has 0 aliphatic carbocycles. The van der Waals surface area contributed by atoms with Gasteiger partial charge in [0.05, 0.1) is 0 Å². The van der Waals surface area contributed by atoms with Crippen molar-refractivity contribution in [1.29, 1.82) is 0 Å². The quantitative estimate of drug-likeness (QED) is 0.809. The minimum Gasteiger partial charge on any atom is -0.484 e. The molecule has 0 aliphatic heterocycles. The van der Waals surface area contributed by atoms with Gasteiger partial charge >= 0.3 is 0 Å². The van der Waals surface area contributed by atoms with E-state index in [1.54, 1.807) is 0 Å². The summed E-state index contributed by atoms with van der Waals surface area (Å²) in [6.45, 7) is 0.816. The van der Waals surface area contributed by atoms with Gasteiger partial charge < -0.3 is 9.64 Å². The number of nitrogens with zero attached hydrogens (tertiary/aromatic N) is 1. The molecular weight excluding hydrogens is 293 g/mol. The second-order valence-electron chi connectivity index (χ2n) is 4.73. The van der Waals surface area contributed by atoms with Crippen molar-refractivity contribution < 1.29 is 4.74 Å². The lowest BCUT2D eigenvalue weighted by Gasteiger charge is -2.23. The molecule has 2 nitrogen and oxygen atoms in total. The van der Waals surface area contributed by atoms with Crippen LogP contribution in [0, 0.1) is 0 Å². The number of halogens is 2. The van der Waals surface area contributed by atoms with Gasteiger partial charge in [-0.25, -0.2) is 0 Å². The average Bonchev–Trinajstić information content (AvgIpc) is 2.39. The van der Waals surface area contributed by atoms with Crippen LogP contribution in [-0.4, -0.2) is 25.5 Å². The Bertz CT molecular complexity index is 500. The van der Waals surface area contributed by atoms with E-state index in [9.17, 15) is 0 Å². The van der Waals surface area contributed by atoms with E-state index in [0.29, 0.717) is 0 Å². The Kier molecular flexibility index (Phi) is 6.86. The first-order chi connectivity index (χ1) is 9.15. The summed E-state index contributed by atoms with van der Waals surface area (Å²) in [7, 11) is 4.08. The molecule has 108 valence electrons. The maximum absolute atomic E-state index is 6.07. The summed E-state index contributed by atoms with van der Waals surface area (Å²) in [5, 5.41) is 0.743. The zero-order valence-corrected chi connectivity index (χ0v) is 13.2. The van der Waals surface area contributed by atoms with Gasteiger partial charge in [-0.1, -0.05) is 41.9 Å². The first-order valence-electron chi connectivity index (χ1n) is 6.27. The van der Waals surface area contributed by atoms with Crippen LogP contribution in [0.4, 0.5) is 0 Å². The monoisotopic (exact) mass is 311 g/mol. The number of benzene rings is 2. The fourth-order valence-corrected chi connectivity index (χ4v) is 2.01. The molecule has 0 N–H and O–H groups in total. The molecule has 0 spiro atoms. The highest BCUT2D eigenvalue weighted by Crippen LogP contribution is 2.23. The largest absolute Gasteiger partial charge is 0.484 e. The molecule has 0 fully saturated rings. The van der Waals surface area contributed by atoms with Crippen molar-refractivity contribution in [2.24, 2.45) is 0 Å². The van der Waals surface area contributed by atoms with Gasteiger partial charge in [0.1, 0.15) is 11.9 Å². The molecule has 1 atom stereocenters. The summed E-state index contributed by atoms with van der Waals surface area (Å²) in [5.41, 5.74) is 1.13. The molecular formula is C16H19Cl2NO. The molecule has 0 saturated carbocycles. The van der Waals surface area contributed by atoms with Gasteiger partial charge in [0, 0.05) is 11.6 Å². The summed E-state index contributed by atoms with van der Waals surface area (Å²) in [6.07, 6.45) is -0.00494. The topological polar surface area (TPSA) is 12.5 Å². The van der Waals surface area contributed by atoms with Crippen molar-refractivity contribution in [2.45, 2.75) is 6.10 Å². The minimum atomic E-state index is -0.00494. The highest BCUT2D eigenvalue weighted by Gasteiger charge is 2.14. The number of likely N-dealkylation sites (N-methyl/N-ethyl adjacent to an activating group) is 1. The molecule has 1 unspecified atom stereocenters. The molecule has 2 rings (SSSR count). The van der Waals surface area contributed by atoms with Crippen molar-refractivity contribution in [1.82, 2.24) is 4.90 Å². The van der Waals surface area contributed by atoms with Gasteiger partial charge in [-0.15, -0.1) is 12.4 Å². The van der Waals surface area contributed by atoms with Crippen LogP contribution in [0.25, 0.3) is 0 Å². The van der Waals surface area contributed by atoms with Crippen LogP contribution < -0.4 is 4.74 Å². The van der Waals surface area contributed by atoms with E-state index in [2.05, 4.69) is 4.90 Å². The van der Waals surface area contributed by atoms with E-state index >= 15 is 0 Å². The van der Waals surface area contributed by atoms with Crippen molar-refractivity contribution in [3.8, 4) is 5.75 Å². The lowest BCUT2D eigenvalue weighted by molar-refractivity contribution is 0.162. The summed E-state index contributed by atoms with van der Waals surface area (Å²) in [5.74, 6) is 0.879. The number of hydrogen-bond acceptors (Lipinski definition) is 2. The standard InChI is InChI=1S/C16H18ClNO.ClH/c1-18(2)12-16(13-8-10-14(17)11-9-13)19-15-6-4-3-5-7-15;/h3-11,16H,12H2,1-2H3;1H. The van der Waals surface area contributed by atoms with Crippen LogP contribution in [0.1, 0.15) is 11.7 Å². The van der Waals surface area contributed by atoms with Gasteiger partial charge in [0.25, 0.3) is 0 Å². The highest BCUT2D eigenvalue weighted by molar-refractivity contribution is 6.30. The third-order valence-corrected chi connectivity index (χ3v) is 3.05. The third-order valence-electron chi connectivity index (χ3n) is 2.79. The molecule has 0 aliphatic rings. The summed E-state index contributed by atoms with van der Waals surface area (Å²) >= 11 is 5.93. The zero-order chi connectivity index (χ0) is 13.7. The van der Waals surface area contributed by atoms with Crippen molar-refractivity contribution in [2.75, 3.05) is 20.6 Å². The maximum atomic E-state index is 6.07. The van der Waals surface area contributed by atoms with E-state index in [4.69, 9.17) is 16.3 Å². The molecule has 0 amide bonds. The van der Waals surface area contributed by atoms with Crippen LogP contribution in [0.15, 0.2) is 54.6 Å². The van der Waals surface area contributed by atoms with E-state index < -0.39 is 0 Å². The highest BCUT2D eigenvalue weighted by atomic mass is 35.5. The molecule has 0 radical (unpaired) electrons. The van der Waals surface area contributed by atoms with Crippen molar-refractivity contribution in [3.63, 3.8) is 0 Å². The van der Waals surface area contributed by atoms with Crippen LogP contribution >= 0.6 is 24.0 Å². The predicted molar refractivity (Wildman–Crippen MR) is 87.1 cm³/mol. The van der Waals surface area contributed by atoms with Crippen LogP contribution in [-0.2, 0) is 0 Å². The minimum absolute atomic E-state index is 0. The SMILES string of the molecule is CN(C)CC(Oc1ccccc1)c1ccc(Cl)cc1.Cl. The molecule has 2 aromatic rings. The Morgan fingerprint density at radius 2 is 1.60 bits per heavy atom. The normalized spacial score (nSPS) is 11.8. The first-order valence-corrected chi connectivity index (χ1v) is 6.65. The lowest BCUT2D eigenvalue weighted by atomic mass is 10.1. The number of para-hydroxylation sites is 1. The van der Waals surface area contributed by atoms with Crippen molar-refractivity contribution >= 4 is 24.0 Å². The van der Waals surface area contributed by atoms with Crippen LogP contribution in [0.2, 0.25) is 5.02 Å². The van der Waals surface area contributed by atoms with Crippen LogP contribution in [0.3, 0.4) is 0 Å². The predicted octanol–water partition coefficient (Wildman–Crippen LogP) is 4.44. The van der Waals surface area contributed by atoms with Gasteiger partial charge in [-0.3, -0.25) is 0 Å². The van der Waals surface area contributed by atoms with Gasteiger partial charge in [0.2, 0.25) is 0 Å². The maximum Gasteiger partial charge on any atom is 0.136 e. The molecule has 4 heteroatoms. The zero-order valence-electron chi connectivity index (χ0n) is 11.6. The van der Waals surface area contributed by atoms with Crippen LogP contribution in [0.5, 0.6) is 5.75 Å². The van der Waals surface area contributed by atoms with E-state index in [0.717, 1.165) is 22.9 Å². The number of hydrogen-bond donors (Lipinski definition) is 0. The van der Waals surface area contributed by atoms with Crippen molar-refractivity contribution in [3.05, 3.63) is 65.2 Å². The third kappa shape index (κ3) is 5.04. The Hall–Kier alpha value is -1.22. The molecule has 0 heterocycles. The van der Waals surface area contributed by atoms with E-state index in [-0.39, 0.29) is 18.5 Å². The molecule has 0 saturated heterocycles. The smallest absolute Gasteiger partial charge is 0.136 e. The van der Waals surface area contributed by atoms with E-state index in [1.165, 1.54) is 0 Å². The molecule has 20 heavy (non-hydrogen) atoms. The van der Waals surface area contributed by atoms with E-state index in [1.807, 2.05) is 68.7 Å². The Labute approximate surface area is 131 Å². The second-order valence-corrected chi connectivity index (χ2v) is 5.17. The fraction of sp³-hybridized carbons (Fsp3) is 0.250. The second kappa shape index (κ2) is 8.15. The molecule has 2 aromatic carbocycles. The summed E-state index contributed by atoms with van der Waals surface area (Å²) in [4.78, 5) is 2.11. The summed E-state index contributed by atoms with van der Waals surface area (Å²) in [6, 6.07) is 17.7. The first kappa shape index (κ1) is 16.8. The lowest BCUT2D eigenvalue weighted by Crippen LogP contribution is -2.24. The average molecular weight is 312 g/mol.